The Morgan fingerprint density at radius 2 is 2.24 bits per heavy atom. The summed E-state index contributed by atoms with van der Waals surface area (Å²) in [5, 5.41) is 17.6. The van der Waals surface area contributed by atoms with Gasteiger partial charge in [-0.1, -0.05) is 6.07 Å². The summed E-state index contributed by atoms with van der Waals surface area (Å²) >= 11 is 1.44. The molecule has 0 aromatic carbocycles. The zero-order valence-electron chi connectivity index (χ0n) is 11.3. The Kier molecular flexibility index (Phi) is 3.71. The van der Waals surface area contributed by atoms with Gasteiger partial charge >= 0.3 is 0 Å². The lowest BCUT2D eigenvalue weighted by Gasteiger charge is -2.11. The molecule has 0 bridgehead atoms. The predicted octanol–water partition coefficient (Wildman–Crippen LogP) is 2.33. The van der Waals surface area contributed by atoms with Crippen molar-refractivity contribution in [1.82, 2.24) is 19.6 Å². The summed E-state index contributed by atoms with van der Waals surface area (Å²) in [4.78, 5) is 8.69. The second-order valence-corrected chi connectivity index (χ2v) is 5.03. The molecule has 0 aliphatic carbocycles. The van der Waals surface area contributed by atoms with Crippen LogP contribution in [-0.4, -0.2) is 25.8 Å². The lowest BCUT2D eigenvalue weighted by atomic mass is 10.3. The van der Waals surface area contributed by atoms with Crippen molar-refractivity contribution in [2.24, 2.45) is 0 Å². The molecule has 0 atom stereocenters. The fourth-order valence-electron chi connectivity index (χ4n) is 2.01. The van der Waals surface area contributed by atoms with Crippen molar-refractivity contribution < 1.29 is 0 Å². The molecule has 0 saturated carbocycles. The van der Waals surface area contributed by atoms with Gasteiger partial charge in [-0.25, -0.2) is 4.98 Å². The van der Waals surface area contributed by atoms with E-state index >= 15 is 0 Å². The van der Waals surface area contributed by atoms with Gasteiger partial charge in [0.1, 0.15) is 16.7 Å². The first-order valence-corrected chi connectivity index (χ1v) is 7.51. The molecule has 3 heterocycles. The van der Waals surface area contributed by atoms with Gasteiger partial charge in [-0.3, -0.25) is 4.98 Å². The SMILES string of the molecule is CSc1nc2ccnn2c(NCc2ccccn2)c1C#N. The molecular formula is C14H12N6S. The molecule has 0 amide bonds. The lowest BCUT2D eigenvalue weighted by Crippen LogP contribution is -2.10. The number of nitrogens with zero attached hydrogens (tertiary/aromatic N) is 5. The summed E-state index contributed by atoms with van der Waals surface area (Å²) in [5.74, 6) is 0.641. The summed E-state index contributed by atoms with van der Waals surface area (Å²) in [6.07, 6.45) is 5.31. The smallest absolute Gasteiger partial charge is 0.158 e. The lowest BCUT2D eigenvalue weighted by molar-refractivity contribution is 0.891. The molecule has 0 aliphatic heterocycles. The second kappa shape index (κ2) is 5.81. The average molecular weight is 296 g/mol. The normalized spacial score (nSPS) is 10.5. The highest BCUT2D eigenvalue weighted by molar-refractivity contribution is 7.98. The maximum Gasteiger partial charge on any atom is 0.158 e. The van der Waals surface area contributed by atoms with E-state index in [4.69, 9.17) is 0 Å². The number of nitriles is 1. The van der Waals surface area contributed by atoms with E-state index in [1.165, 1.54) is 11.8 Å². The Morgan fingerprint density at radius 1 is 1.33 bits per heavy atom. The summed E-state index contributed by atoms with van der Waals surface area (Å²) in [7, 11) is 0. The molecule has 0 unspecified atom stereocenters. The molecule has 3 aromatic heterocycles. The first kappa shape index (κ1) is 13.4. The van der Waals surface area contributed by atoms with E-state index in [-0.39, 0.29) is 0 Å². The highest BCUT2D eigenvalue weighted by atomic mass is 32.2. The maximum atomic E-state index is 9.42. The topological polar surface area (TPSA) is 78.9 Å². The van der Waals surface area contributed by atoms with Crippen molar-refractivity contribution in [1.29, 1.82) is 5.26 Å². The molecule has 3 aromatic rings. The number of thioether (sulfide) groups is 1. The van der Waals surface area contributed by atoms with E-state index in [0.717, 1.165) is 5.69 Å². The number of anilines is 1. The largest absolute Gasteiger partial charge is 0.363 e. The van der Waals surface area contributed by atoms with E-state index in [0.29, 0.717) is 28.6 Å². The minimum absolute atomic E-state index is 0.495. The van der Waals surface area contributed by atoms with Crippen molar-refractivity contribution in [3.8, 4) is 6.07 Å². The predicted molar refractivity (Wildman–Crippen MR) is 81.0 cm³/mol. The van der Waals surface area contributed by atoms with Crippen LogP contribution in [0.3, 0.4) is 0 Å². The summed E-state index contributed by atoms with van der Waals surface area (Å²) in [6, 6.07) is 9.74. The second-order valence-electron chi connectivity index (χ2n) is 4.23. The molecule has 0 aliphatic rings. The molecule has 0 spiro atoms. The number of nitrogens with one attached hydrogen (secondary N) is 1. The van der Waals surface area contributed by atoms with Gasteiger partial charge in [0.25, 0.3) is 0 Å². The first-order chi connectivity index (χ1) is 10.3. The van der Waals surface area contributed by atoms with Gasteiger partial charge in [0, 0.05) is 12.3 Å². The van der Waals surface area contributed by atoms with E-state index in [1.807, 2.05) is 30.5 Å². The van der Waals surface area contributed by atoms with Gasteiger partial charge in [-0.2, -0.15) is 14.9 Å². The third-order valence-corrected chi connectivity index (χ3v) is 3.65. The van der Waals surface area contributed by atoms with Crippen molar-refractivity contribution in [3.63, 3.8) is 0 Å². The quantitative estimate of drug-likeness (QED) is 0.588. The van der Waals surface area contributed by atoms with E-state index in [1.54, 1.807) is 16.9 Å². The first-order valence-electron chi connectivity index (χ1n) is 6.29. The zero-order valence-corrected chi connectivity index (χ0v) is 12.1. The third-order valence-electron chi connectivity index (χ3n) is 2.97. The van der Waals surface area contributed by atoms with Gasteiger partial charge in [0.15, 0.2) is 11.5 Å². The van der Waals surface area contributed by atoms with Crippen LogP contribution >= 0.6 is 11.8 Å². The molecule has 104 valence electrons. The van der Waals surface area contributed by atoms with Crippen molar-refractivity contribution >= 4 is 23.2 Å². The number of aromatic nitrogens is 4. The summed E-state index contributed by atoms with van der Waals surface area (Å²) < 4.78 is 1.64. The van der Waals surface area contributed by atoms with Gasteiger partial charge in [-0.05, 0) is 18.4 Å². The fraction of sp³-hybridized carbons (Fsp3) is 0.143. The fourth-order valence-corrected chi connectivity index (χ4v) is 2.54. The highest BCUT2D eigenvalue weighted by Crippen LogP contribution is 2.26. The molecule has 7 heteroatoms. The van der Waals surface area contributed by atoms with Gasteiger partial charge in [0.2, 0.25) is 0 Å². The Hall–Kier alpha value is -2.59. The summed E-state index contributed by atoms with van der Waals surface area (Å²) in [6.45, 7) is 0.516. The number of rotatable bonds is 4. The monoisotopic (exact) mass is 296 g/mol. The molecule has 1 N–H and O–H groups in total. The van der Waals surface area contributed by atoms with Crippen LogP contribution in [0.4, 0.5) is 5.82 Å². The Balaban J connectivity index is 2.03. The Labute approximate surface area is 125 Å². The minimum Gasteiger partial charge on any atom is -0.363 e. The van der Waals surface area contributed by atoms with Crippen LogP contribution in [0.25, 0.3) is 5.65 Å². The number of hydrogen-bond acceptors (Lipinski definition) is 6. The number of pyridine rings is 1. The Morgan fingerprint density at radius 3 is 2.95 bits per heavy atom. The van der Waals surface area contributed by atoms with Crippen molar-refractivity contribution in [2.45, 2.75) is 11.6 Å². The molecule has 3 rings (SSSR count). The molecule has 21 heavy (non-hydrogen) atoms. The van der Waals surface area contributed by atoms with Crippen LogP contribution in [0.2, 0.25) is 0 Å². The molecular weight excluding hydrogens is 284 g/mol. The van der Waals surface area contributed by atoms with Gasteiger partial charge in [0.05, 0.1) is 18.4 Å². The van der Waals surface area contributed by atoms with E-state index in [9.17, 15) is 5.26 Å². The molecule has 6 nitrogen and oxygen atoms in total. The van der Waals surface area contributed by atoms with Crippen LogP contribution in [0, 0.1) is 11.3 Å². The molecule has 0 radical (unpaired) electrons. The van der Waals surface area contributed by atoms with Crippen LogP contribution in [0.1, 0.15) is 11.3 Å². The van der Waals surface area contributed by atoms with Gasteiger partial charge in [-0.15, -0.1) is 11.8 Å². The molecule has 0 fully saturated rings. The third kappa shape index (κ3) is 2.53. The standard InChI is InChI=1S/C14H12N6S/c1-21-14-11(8-15)13(20-12(19-14)5-7-18-20)17-9-10-4-2-3-6-16-10/h2-7,17H,9H2,1H3. The van der Waals surface area contributed by atoms with Gasteiger partial charge < -0.3 is 5.32 Å². The average Bonchev–Trinajstić information content (AvgIpc) is 3.00. The minimum atomic E-state index is 0.495. The van der Waals surface area contributed by atoms with Crippen LogP contribution in [0.5, 0.6) is 0 Å². The Bertz CT molecular complexity index is 805. The zero-order chi connectivity index (χ0) is 14.7. The highest BCUT2D eigenvalue weighted by Gasteiger charge is 2.15. The van der Waals surface area contributed by atoms with Crippen LogP contribution in [-0.2, 0) is 6.54 Å². The van der Waals surface area contributed by atoms with Crippen LogP contribution in [0.15, 0.2) is 41.7 Å². The molecule has 0 saturated heterocycles. The number of hydrogen-bond donors (Lipinski definition) is 1. The van der Waals surface area contributed by atoms with E-state index in [2.05, 4.69) is 26.5 Å². The maximum absolute atomic E-state index is 9.42. The summed E-state index contributed by atoms with van der Waals surface area (Å²) in [5.41, 5.74) is 2.10. The number of fused-ring (bicyclic) bond motifs is 1. The van der Waals surface area contributed by atoms with Crippen molar-refractivity contribution in [3.05, 3.63) is 47.9 Å². The van der Waals surface area contributed by atoms with E-state index < -0.39 is 0 Å². The van der Waals surface area contributed by atoms with Crippen LogP contribution < -0.4 is 5.32 Å². The van der Waals surface area contributed by atoms with Crippen molar-refractivity contribution in [2.75, 3.05) is 11.6 Å².